The summed E-state index contributed by atoms with van der Waals surface area (Å²) in [5.41, 5.74) is -1.07. The largest absolute Gasteiger partial charge is 0.418 e. The van der Waals surface area contributed by atoms with Gasteiger partial charge in [-0.25, -0.2) is 8.78 Å². The molecule has 0 radical (unpaired) electrons. The minimum Gasteiger partial charge on any atom is -0.380 e. The maximum atomic E-state index is 13.4. The number of rotatable bonds is 3. The first-order valence-corrected chi connectivity index (χ1v) is 5.72. The molecule has 2 aromatic carbocycles. The van der Waals surface area contributed by atoms with Gasteiger partial charge in [-0.15, -0.1) is 0 Å². The van der Waals surface area contributed by atoms with Crippen molar-refractivity contribution >= 4 is 5.69 Å². The van der Waals surface area contributed by atoms with Crippen LogP contribution in [-0.2, 0) is 12.7 Å². The molecule has 0 atom stereocenters. The second-order valence-electron chi connectivity index (χ2n) is 4.11. The van der Waals surface area contributed by atoms with Gasteiger partial charge in [0.25, 0.3) is 0 Å². The summed E-state index contributed by atoms with van der Waals surface area (Å²) in [7, 11) is 0. The van der Waals surface area contributed by atoms with Crippen molar-refractivity contribution < 1.29 is 22.0 Å². The zero-order valence-corrected chi connectivity index (χ0v) is 10.1. The average molecular weight is 287 g/mol. The lowest BCUT2D eigenvalue weighted by atomic mass is 10.1. The first-order valence-electron chi connectivity index (χ1n) is 5.72. The van der Waals surface area contributed by atoms with Gasteiger partial charge in [-0.1, -0.05) is 24.3 Å². The van der Waals surface area contributed by atoms with Crippen LogP contribution < -0.4 is 5.32 Å². The molecule has 0 saturated carbocycles. The Bertz CT molecular complexity index is 607. The first-order chi connectivity index (χ1) is 9.39. The van der Waals surface area contributed by atoms with E-state index in [1.54, 1.807) is 0 Å². The van der Waals surface area contributed by atoms with Crippen LogP contribution in [0.5, 0.6) is 0 Å². The fourth-order valence-electron chi connectivity index (χ4n) is 1.76. The first kappa shape index (κ1) is 14.3. The molecule has 0 saturated heterocycles. The van der Waals surface area contributed by atoms with Gasteiger partial charge in [0.2, 0.25) is 0 Å². The van der Waals surface area contributed by atoms with Crippen molar-refractivity contribution in [2.75, 3.05) is 5.32 Å². The number of nitrogens with one attached hydrogen (secondary N) is 1. The van der Waals surface area contributed by atoms with Gasteiger partial charge in [-0.05, 0) is 18.2 Å². The van der Waals surface area contributed by atoms with Gasteiger partial charge in [-0.2, -0.15) is 13.2 Å². The van der Waals surface area contributed by atoms with E-state index in [1.807, 2.05) is 0 Å². The van der Waals surface area contributed by atoms with Crippen LogP contribution in [0.15, 0.2) is 42.5 Å². The number of halogens is 5. The molecule has 0 aliphatic rings. The van der Waals surface area contributed by atoms with Crippen molar-refractivity contribution in [3.8, 4) is 0 Å². The Hall–Kier alpha value is -2.11. The summed E-state index contributed by atoms with van der Waals surface area (Å²) in [6.45, 7) is -0.239. The van der Waals surface area contributed by atoms with Crippen LogP contribution in [0.3, 0.4) is 0 Å². The molecule has 0 amide bonds. The Morgan fingerprint density at radius 2 is 1.60 bits per heavy atom. The summed E-state index contributed by atoms with van der Waals surface area (Å²) in [6, 6.07) is 8.40. The Morgan fingerprint density at radius 3 is 2.30 bits per heavy atom. The zero-order valence-electron chi connectivity index (χ0n) is 10.1. The zero-order chi connectivity index (χ0) is 14.8. The third-order valence-corrected chi connectivity index (χ3v) is 2.73. The van der Waals surface area contributed by atoms with Gasteiger partial charge in [0.15, 0.2) is 11.6 Å². The molecule has 1 N–H and O–H groups in total. The van der Waals surface area contributed by atoms with Gasteiger partial charge in [0, 0.05) is 17.8 Å². The lowest BCUT2D eigenvalue weighted by Crippen LogP contribution is -2.11. The summed E-state index contributed by atoms with van der Waals surface area (Å²) >= 11 is 0. The normalized spacial score (nSPS) is 11.4. The molecule has 0 aromatic heterocycles. The second-order valence-corrected chi connectivity index (χ2v) is 4.11. The van der Waals surface area contributed by atoms with Crippen LogP contribution in [0.25, 0.3) is 0 Å². The van der Waals surface area contributed by atoms with E-state index in [-0.39, 0.29) is 17.8 Å². The maximum absolute atomic E-state index is 13.4. The minimum absolute atomic E-state index is 0.0398. The summed E-state index contributed by atoms with van der Waals surface area (Å²) < 4.78 is 64.6. The molecule has 2 aromatic rings. The Kier molecular flexibility index (Phi) is 3.92. The van der Waals surface area contributed by atoms with Crippen molar-refractivity contribution in [2.24, 2.45) is 0 Å². The molecule has 0 heterocycles. The third-order valence-electron chi connectivity index (χ3n) is 2.73. The van der Waals surface area contributed by atoms with E-state index in [1.165, 1.54) is 30.3 Å². The number of alkyl halides is 3. The molecule has 0 aliphatic heterocycles. The van der Waals surface area contributed by atoms with Crippen LogP contribution in [0.4, 0.5) is 27.6 Å². The minimum atomic E-state index is -4.51. The van der Waals surface area contributed by atoms with E-state index >= 15 is 0 Å². The SMILES string of the molecule is Fc1cccc(CNc2ccccc2C(F)(F)F)c1F. The molecule has 20 heavy (non-hydrogen) atoms. The van der Waals surface area contributed by atoms with Gasteiger partial charge in [0.1, 0.15) is 0 Å². The molecular weight excluding hydrogens is 277 g/mol. The van der Waals surface area contributed by atoms with Crippen molar-refractivity contribution in [2.45, 2.75) is 12.7 Å². The third kappa shape index (κ3) is 3.07. The quantitative estimate of drug-likeness (QED) is 0.814. The highest BCUT2D eigenvalue weighted by Crippen LogP contribution is 2.34. The van der Waals surface area contributed by atoms with Crippen molar-refractivity contribution in [1.82, 2.24) is 0 Å². The van der Waals surface area contributed by atoms with Gasteiger partial charge in [-0.3, -0.25) is 0 Å². The summed E-state index contributed by atoms with van der Waals surface area (Å²) in [5, 5.41) is 2.48. The highest BCUT2D eigenvalue weighted by Gasteiger charge is 2.33. The monoisotopic (exact) mass is 287 g/mol. The number of hydrogen-bond donors (Lipinski definition) is 1. The summed E-state index contributed by atoms with van der Waals surface area (Å²) in [6.07, 6.45) is -4.51. The maximum Gasteiger partial charge on any atom is 0.418 e. The number of anilines is 1. The predicted molar refractivity (Wildman–Crippen MR) is 65.1 cm³/mol. The van der Waals surface area contributed by atoms with Crippen LogP contribution in [-0.4, -0.2) is 0 Å². The van der Waals surface area contributed by atoms with Gasteiger partial charge >= 0.3 is 6.18 Å². The molecule has 0 spiro atoms. The van der Waals surface area contributed by atoms with Gasteiger partial charge in [0.05, 0.1) is 5.56 Å². The van der Waals surface area contributed by atoms with E-state index in [9.17, 15) is 22.0 Å². The van der Waals surface area contributed by atoms with Crippen molar-refractivity contribution in [1.29, 1.82) is 0 Å². The standard InChI is InChI=1S/C14H10F5N/c15-11-6-3-4-9(13(11)16)8-20-12-7-2-1-5-10(12)14(17,18)19/h1-7,20H,8H2. The molecule has 2 rings (SSSR count). The molecule has 0 bridgehead atoms. The van der Waals surface area contributed by atoms with E-state index in [2.05, 4.69) is 5.32 Å². The average Bonchev–Trinajstić information content (AvgIpc) is 2.40. The van der Waals surface area contributed by atoms with Crippen LogP contribution in [0.1, 0.15) is 11.1 Å². The highest BCUT2D eigenvalue weighted by molar-refractivity contribution is 5.52. The Balaban J connectivity index is 2.22. The van der Waals surface area contributed by atoms with E-state index in [0.29, 0.717) is 0 Å². The van der Waals surface area contributed by atoms with Crippen molar-refractivity contribution in [3.05, 3.63) is 65.2 Å². The lowest BCUT2D eigenvalue weighted by molar-refractivity contribution is -0.136. The van der Waals surface area contributed by atoms with E-state index in [4.69, 9.17) is 0 Å². The Labute approximate surface area is 112 Å². The molecule has 0 unspecified atom stereocenters. The Morgan fingerprint density at radius 1 is 0.900 bits per heavy atom. The molecular formula is C14H10F5N. The fourth-order valence-corrected chi connectivity index (χ4v) is 1.76. The van der Waals surface area contributed by atoms with Crippen LogP contribution >= 0.6 is 0 Å². The number of para-hydroxylation sites is 1. The summed E-state index contributed by atoms with van der Waals surface area (Å²) in [5.74, 6) is -2.10. The predicted octanol–water partition coefficient (Wildman–Crippen LogP) is 4.60. The van der Waals surface area contributed by atoms with Crippen LogP contribution in [0.2, 0.25) is 0 Å². The molecule has 6 heteroatoms. The number of benzene rings is 2. The fraction of sp³-hybridized carbons (Fsp3) is 0.143. The topological polar surface area (TPSA) is 12.0 Å². The summed E-state index contributed by atoms with van der Waals surface area (Å²) in [4.78, 5) is 0. The van der Waals surface area contributed by atoms with E-state index < -0.39 is 23.4 Å². The van der Waals surface area contributed by atoms with Gasteiger partial charge < -0.3 is 5.32 Å². The number of hydrogen-bond acceptors (Lipinski definition) is 1. The van der Waals surface area contributed by atoms with E-state index in [0.717, 1.165) is 12.1 Å². The molecule has 0 fully saturated rings. The van der Waals surface area contributed by atoms with Crippen molar-refractivity contribution in [3.63, 3.8) is 0 Å². The second kappa shape index (κ2) is 5.48. The molecule has 1 nitrogen and oxygen atoms in total. The molecule has 106 valence electrons. The smallest absolute Gasteiger partial charge is 0.380 e. The highest BCUT2D eigenvalue weighted by atomic mass is 19.4. The lowest BCUT2D eigenvalue weighted by Gasteiger charge is -2.14. The molecule has 0 aliphatic carbocycles. The van der Waals surface area contributed by atoms with Crippen LogP contribution in [0, 0.1) is 11.6 Å².